The van der Waals surface area contributed by atoms with Crippen LogP contribution in [0.1, 0.15) is 50.2 Å². The summed E-state index contributed by atoms with van der Waals surface area (Å²) in [5.41, 5.74) is 1.18. The zero-order chi connectivity index (χ0) is 20.4. The fraction of sp³-hybridized carbons (Fsp3) is 0.478. The molecule has 0 atom stereocenters. The Morgan fingerprint density at radius 2 is 1.71 bits per heavy atom. The van der Waals surface area contributed by atoms with Crippen molar-refractivity contribution in [3.8, 4) is 0 Å². The first-order valence-electron chi connectivity index (χ1n) is 10.1. The van der Waals surface area contributed by atoms with Gasteiger partial charge in [0.25, 0.3) is 0 Å². The van der Waals surface area contributed by atoms with Gasteiger partial charge >= 0.3 is 0 Å². The molecular weight excluding hydrogens is 352 g/mol. The molecule has 28 heavy (non-hydrogen) atoms. The van der Waals surface area contributed by atoms with Gasteiger partial charge in [-0.05, 0) is 37.5 Å². The summed E-state index contributed by atoms with van der Waals surface area (Å²) in [7, 11) is 0. The van der Waals surface area contributed by atoms with Crippen LogP contribution in [-0.4, -0.2) is 41.2 Å². The van der Waals surface area contributed by atoms with Crippen molar-refractivity contribution in [2.24, 2.45) is 0 Å². The van der Waals surface area contributed by atoms with E-state index in [1.807, 2.05) is 37.3 Å². The first-order valence-corrected chi connectivity index (χ1v) is 10.1. The van der Waals surface area contributed by atoms with E-state index in [0.717, 1.165) is 37.2 Å². The molecule has 0 aliphatic carbocycles. The van der Waals surface area contributed by atoms with Crippen LogP contribution >= 0.6 is 0 Å². The molecule has 0 aliphatic rings. The zero-order valence-electron chi connectivity index (χ0n) is 17.3. The Labute approximate surface area is 168 Å². The van der Waals surface area contributed by atoms with Gasteiger partial charge in [-0.2, -0.15) is 0 Å². The molecule has 152 valence electrons. The largest absolute Gasteiger partial charge is 0.464 e. The Kier molecular flexibility index (Phi) is 8.79. The van der Waals surface area contributed by atoms with Gasteiger partial charge in [-0.25, -0.2) is 0 Å². The average molecular weight is 385 g/mol. The number of hydrogen-bond donors (Lipinski definition) is 0. The predicted octanol–water partition coefficient (Wildman–Crippen LogP) is 4.20. The lowest BCUT2D eigenvalue weighted by Gasteiger charge is -2.26. The molecule has 5 nitrogen and oxygen atoms in total. The second kappa shape index (κ2) is 11.3. The van der Waals surface area contributed by atoms with Gasteiger partial charge in [-0.1, -0.05) is 50.1 Å². The maximum atomic E-state index is 13.0. The maximum Gasteiger partial charge on any atom is 0.242 e. The molecule has 0 N–H and O–H groups in total. The van der Waals surface area contributed by atoms with Crippen molar-refractivity contribution in [3.05, 3.63) is 59.5 Å². The Morgan fingerprint density at radius 3 is 2.32 bits per heavy atom. The molecule has 1 aromatic heterocycles. The molecule has 1 heterocycles. The van der Waals surface area contributed by atoms with Crippen LogP contribution in [0.5, 0.6) is 0 Å². The first kappa shape index (κ1) is 21.7. The summed E-state index contributed by atoms with van der Waals surface area (Å²) >= 11 is 0. The van der Waals surface area contributed by atoms with Crippen molar-refractivity contribution in [2.45, 2.75) is 53.0 Å². The van der Waals surface area contributed by atoms with Crippen molar-refractivity contribution < 1.29 is 14.0 Å². The third-order valence-corrected chi connectivity index (χ3v) is 4.81. The topological polar surface area (TPSA) is 53.8 Å². The van der Waals surface area contributed by atoms with Crippen LogP contribution in [0.15, 0.2) is 46.9 Å². The van der Waals surface area contributed by atoms with Crippen LogP contribution in [0.2, 0.25) is 0 Å². The maximum absolute atomic E-state index is 13.0. The van der Waals surface area contributed by atoms with Gasteiger partial charge in [0.05, 0.1) is 13.1 Å². The molecule has 2 aromatic rings. The number of carbonyl (C=O) groups is 2. The van der Waals surface area contributed by atoms with E-state index in [0.29, 0.717) is 19.6 Å². The van der Waals surface area contributed by atoms with E-state index in [1.165, 1.54) is 12.5 Å². The molecule has 0 radical (unpaired) electrons. The van der Waals surface area contributed by atoms with E-state index in [9.17, 15) is 9.59 Å². The smallest absolute Gasteiger partial charge is 0.242 e. The molecule has 2 rings (SSSR count). The van der Waals surface area contributed by atoms with Gasteiger partial charge in [0.15, 0.2) is 0 Å². The minimum atomic E-state index is -0.0543. The standard InChI is InChI=1S/C23H32N2O3/c1-4-5-9-15-24(20(3)26)18-23(27)25(17-22-13-12-19(2)28-22)16-14-21-10-7-6-8-11-21/h6-8,10-13H,4-5,9,14-18H2,1-3H3. The highest BCUT2D eigenvalue weighted by molar-refractivity contribution is 5.83. The summed E-state index contributed by atoms with van der Waals surface area (Å²) in [6.45, 7) is 7.30. The predicted molar refractivity (Wildman–Crippen MR) is 111 cm³/mol. The Hall–Kier alpha value is -2.56. The lowest BCUT2D eigenvalue weighted by Crippen LogP contribution is -2.43. The third kappa shape index (κ3) is 7.22. The monoisotopic (exact) mass is 384 g/mol. The Bertz CT molecular complexity index is 739. The molecular formula is C23H32N2O3. The number of amides is 2. The van der Waals surface area contributed by atoms with E-state index >= 15 is 0 Å². The second-order valence-corrected chi connectivity index (χ2v) is 7.21. The van der Waals surface area contributed by atoms with Crippen LogP contribution in [0.3, 0.4) is 0 Å². The van der Waals surface area contributed by atoms with Crippen molar-refractivity contribution in [3.63, 3.8) is 0 Å². The van der Waals surface area contributed by atoms with Gasteiger partial charge in [0, 0.05) is 20.0 Å². The number of aryl methyl sites for hydroxylation is 1. The molecule has 2 amide bonds. The van der Waals surface area contributed by atoms with Crippen LogP contribution < -0.4 is 0 Å². The Balaban J connectivity index is 2.04. The van der Waals surface area contributed by atoms with E-state index in [4.69, 9.17) is 4.42 Å². The number of furan rings is 1. The van der Waals surface area contributed by atoms with Gasteiger partial charge in [0.2, 0.25) is 11.8 Å². The summed E-state index contributed by atoms with van der Waals surface area (Å²) in [5, 5.41) is 0. The van der Waals surface area contributed by atoms with Gasteiger partial charge in [0.1, 0.15) is 11.5 Å². The molecule has 0 fully saturated rings. The van der Waals surface area contributed by atoms with Gasteiger partial charge < -0.3 is 14.2 Å². The summed E-state index contributed by atoms with van der Waals surface area (Å²) in [6, 6.07) is 13.9. The summed E-state index contributed by atoms with van der Waals surface area (Å²) in [4.78, 5) is 28.4. The summed E-state index contributed by atoms with van der Waals surface area (Å²) < 4.78 is 5.67. The van der Waals surface area contributed by atoms with Crippen molar-refractivity contribution in [1.82, 2.24) is 9.80 Å². The summed E-state index contributed by atoms with van der Waals surface area (Å²) in [6.07, 6.45) is 3.83. The van der Waals surface area contributed by atoms with Crippen molar-refractivity contribution in [2.75, 3.05) is 19.6 Å². The van der Waals surface area contributed by atoms with E-state index in [-0.39, 0.29) is 18.4 Å². The highest BCUT2D eigenvalue weighted by Gasteiger charge is 2.20. The molecule has 0 spiro atoms. The number of carbonyl (C=O) groups excluding carboxylic acids is 2. The Morgan fingerprint density at radius 1 is 0.964 bits per heavy atom. The average Bonchev–Trinajstić information content (AvgIpc) is 3.09. The van der Waals surface area contributed by atoms with E-state index < -0.39 is 0 Å². The van der Waals surface area contributed by atoms with Gasteiger partial charge in [-0.15, -0.1) is 0 Å². The SMILES string of the molecule is CCCCCN(CC(=O)N(CCc1ccccc1)Cc1ccc(C)o1)C(C)=O. The molecule has 1 aromatic carbocycles. The van der Waals surface area contributed by atoms with Crippen molar-refractivity contribution in [1.29, 1.82) is 0 Å². The van der Waals surface area contributed by atoms with Crippen LogP contribution in [-0.2, 0) is 22.6 Å². The molecule has 0 saturated heterocycles. The lowest BCUT2D eigenvalue weighted by atomic mass is 10.1. The van der Waals surface area contributed by atoms with Crippen molar-refractivity contribution >= 4 is 11.8 Å². The minimum Gasteiger partial charge on any atom is -0.464 e. The van der Waals surface area contributed by atoms with Crippen LogP contribution in [0.25, 0.3) is 0 Å². The molecule has 0 aliphatic heterocycles. The molecule has 0 saturated carbocycles. The number of hydrogen-bond acceptors (Lipinski definition) is 3. The number of benzene rings is 1. The minimum absolute atomic E-state index is 0.0447. The zero-order valence-corrected chi connectivity index (χ0v) is 17.3. The first-order chi connectivity index (χ1) is 13.5. The number of nitrogens with zero attached hydrogens (tertiary/aromatic N) is 2. The highest BCUT2D eigenvalue weighted by atomic mass is 16.3. The summed E-state index contributed by atoms with van der Waals surface area (Å²) in [5.74, 6) is 1.49. The normalized spacial score (nSPS) is 10.7. The third-order valence-electron chi connectivity index (χ3n) is 4.81. The van der Waals surface area contributed by atoms with Crippen LogP contribution in [0, 0.1) is 6.92 Å². The lowest BCUT2D eigenvalue weighted by molar-refractivity contribution is -0.140. The number of rotatable bonds is 11. The van der Waals surface area contributed by atoms with Gasteiger partial charge in [-0.3, -0.25) is 9.59 Å². The number of unbranched alkanes of at least 4 members (excludes halogenated alkanes) is 2. The molecule has 0 bridgehead atoms. The quantitative estimate of drug-likeness (QED) is 0.546. The fourth-order valence-electron chi connectivity index (χ4n) is 3.12. The van der Waals surface area contributed by atoms with E-state index in [2.05, 4.69) is 19.1 Å². The van der Waals surface area contributed by atoms with E-state index in [1.54, 1.807) is 9.80 Å². The highest BCUT2D eigenvalue weighted by Crippen LogP contribution is 2.12. The van der Waals surface area contributed by atoms with Crippen LogP contribution in [0.4, 0.5) is 0 Å². The molecule has 5 heteroatoms. The molecule has 0 unspecified atom stereocenters. The fourth-order valence-corrected chi connectivity index (χ4v) is 3.12. The second-order valence-electron chi connectivity index (χ2n) is 7.21.